The number of Topliss-reactive ketones (excluding diaryl/α,β-unsaturated/α-hetero) is 1. The van der Waals surface area contributed by atoms with Crippen LogP contribution < -0.4 is 10.5 Å². The average Bonchev–Trinajstić information content (AvgIpc) is 2.38. The number of rotatable bonds is 8. The van der Waals surface area contributed by atoms with E-state index in [1.807, 2.05) is 6.92 Å². The molecular formula is C15H24N2O2. The summed E-state index contributed by atoms with van der Waals surface area (Å²) in [5, 5.41) is 0. The van der Waals surface area contributed by atoms with Crippen molar-refractivity contribution in [2.75, 3.05) is 13.2 Å². The molecule has 0 saturated carbocycles. The maximum absolute atomic E-state index is 12.2. The minimum Gasteiger partial charge on any atom is -0.492 e. The van der Waals surface area contributed by atoms with E-state index >= 15 is 0 Å². The number of nitrogens with zero attached hydrogens (tertiary/aromatic N) is 1. The van der Waals surface area contributed by atoms with E-state index in [-0.39, 0.29) is 11.7 Å². The predicted octanol–water partition coefficient (Wildman–Crippen LogP) is 2.67. The summed E-state index contributed by atoms with van der Waals surface area (Å²) in [7, 11) is 0. The van der Waals surface area contributed by atoms with E-state index in [0.717, 1.165) is 6.42 Å². The van der Waals surface area contributed by atoms with Crippen LogP contribution in [0.1, 0.15) is 44.0 Å². The molecule has 4 heteroatoms. The molecule has 0 aromatic carbocycles. The Hall–Kier alpha value is -1.42. The molecule has 0 saturated heterocycles. The lowest BCUT2D eigenvalue weighted by Crippen LogP contribution is -2.20. The highest BCUT2D eigenvalue weighted by molar-refractivity contribution is 5.96. The van der Waals surface area contributed by atoms with Gasteiger partial charge in [-0.15, -0.1) is 0 Å². The van der Waals surface area contributed by atoms with Gasteiger partial charge < -0.3 is 10.5 Å². The second kappa shape index (κ2) is 7.89. The summed E-state index contributed by atoms with van der Waals surface area (Å²) < 4.78 is 5.35. The van der Waals surface area contributed by atoms with Crippen LogP contribution in [0.3, 0.4) is 0 Å². The zero-order valence-corrected chi connectivity index (χ0v) is 12.1. The topological polar surface area (TPSA) is 65.2 Å². The molecule has 0 aliphatic rings. The number of carbonyl (C=O) groups is 1. The van der Waals surface area contributed by atoms with Gasteiger partial charge in [-0.1, -0.05) is 13.8 Å². The number of hydrogen-bond donors (Lipinski definition) is 1. The Kier molecular flexibility index (Phi) is 6.50. The summed E-state index contributed by atoms with van der Waals surface area (Å²) in [5.74, 6) is 1.52. The Labute approximate surface area is 115 Å². The zero-order valence-electron chi connectivity index (χ0n) is 12.1. The first kappa shape index (κ1) is 15.6. The lowest BCUT2D eigenvalue weighted by atomic mass is 9.91. The zero-order chi connectivity index (χ0) is 14.3. The third-order valence-electron chi connectivity index (χ3n) is 2.96. The van der Waals surface area contributed by atoms with Gasteiger partial charge in [0.2, 0.25) is 0 Å². The predicted molar refractivity (Wildman–Crippen MR) is 76.4 cm³/mol. The second-order valence-electron chi connectivity index (χ2n) is 5.20. The number of nitrogens with two attached hydrogens (primary N) is 1. The monoisotopic (exact) mass is 264 g/mol. The number of aromatic nitrogens is 1. The molecule has 0 aliphatic carbocycles. The maximum atomic E-state index is 12.2. The molecule has 1 rings (SSSR count). The molecule has 0 aliphatic heterocycles. The van der Waals surface area contributed by atoms with Crippen LogP contribution in [-0.2, 0) is 0 Å². The standard InChI is InChI=1S/C15H24N2O2/c1-4-19-14-7-13(9-17-10-14)15(18)6-12(8-16)5-11(2)3/h7,9-12H,4-6,8,16H2,1-3H3. The van der Waals surface area contributed by atoms with Crippen molar-refractivity contribution in [1.82, 2.24) is 4.98 Å². The molecule has 0 fully saturated rings. The molecule has 1 aromatic heterocycles. The van der Waals surface area contributed by atoms with Gasteiger partial charge in [0.25, 0.3) is 0 Å². The number of ketones is 1. The Morgan fingerprint density at radius 3 is 2.74 bits per heavy atom. The third-order valence-corrected chi connectivity index (χ3v) is 2.96. The van der Waals surface area contributed by atoms with Crippen LogP contribution in [0, 0.1) is 11.8 Å². The minimum absolute atomic E-state index is 0.0881. The molecule has 2 N–H and O–H groups in total. The smallest absolute Gasteiger partial charge is 0.164 e. The number of pyridine rings is 1. The van der Waals surface area contributed by atoms with Gasteiger partial charge in [0.1, 0.15) is 5.75 Å². The molecular weight excluding hydrogens is 240 g/mol. The van der Waals surface area contributed by atoms with Crippen molar-refractivity contribution in [2.45, 2.75) is 33.6 Å². The Balaban J connectivity index is 2.68. The van der Waals surface area contributed by atoms with Gasteiger partial charge in [-0.05, 0) is 37.8 Å². The molecule has 0 radical (unpaired) electrons. The summed E-state index contributed by atoms with van der Waals surface area (Å²) in [4.78, 5) is 16.2. The first-order chi connectivity index (χ1) is 9.06. The van der Waals surface area contributed by atoms with E-state index in [1.165, 1.54) is 0 Å². The molecule has 1 aromatic rings. The summed E-state index contributed by atoms with van der Waals surface area (Å²) in [5.41, 5.74) is 6.34. The molecule has 1 atom stereocenters. The van der Waals surface area contributed by atoms with Crippen molar-refractivity contribution in [1.29, 1.82) is 0 Å². The van der Waals surface area contributed by atoms with E-state index in [4.69, 9.17) is 10.5 Å². The van der Waals surface area contributed by atoms with Crippen LogP contribution in [-0.4, -0.2) is 23.9 Å². The molecule has 1 unspecified atom stereocenters. The fourth-order valence-corrected chi connectivity index (χ4v) is 2.13. The molecule has 19 heavy (non-hydrogen) atoms. The van der Waals surface area contributed by atoms with Crippen molar-refractivity contribution in [3.8, 4) is 5.75 Å². The van der Waals surface area contributed by atoms with Gasteiger partial charge in [0.15, 0.2) is 5.78 Å². The number of carbonyl (C=O) groups excluding carboxylic acids is 1. The molecule has 1 heterocycles. The van der Waals surface area contributed by atoms with Crippen LogP contribution in [0.25, 0.3) is 0 Å². The van der Waals surface area contributed by atoms with Crippen LogP contribution >= 0.6 is 0 Å². The van der Waals surface area contributed by atoms with Crippen molar-refractivity contribution in [3.63, 3.8) is 0 Å². The SMILES string of the molecule is CCOc1cncc(C(=O)CC(CN)CC(C)C)c1. The Bertz CT molecular complexity index is 405. The van der Waals surface area contributed by atoms with Crippen LogP contribution in [0.5, 0.6) is 5.75 Å². The van der Waals surface area contributed by atoms with Crippen molar-refractivity contribution < 1.29 is 9.53 Å². The molecule has 0 bridgehead atoms. The quantitative estimate of drug-likeness (QED) is 0.733. The van der Waals surface area contributed by atoms with Gasteiger partial charge in [-0.2, -0.15) is 0 Å². The summed E-state index contributed by atoms with van der Waals surface area (Å²) >= 11 is 0. The summed E-state index contributed by atoms with van der Waals surface area (Å²) in [6.45, 7) is 7.30. The van der Waals surface area contributed by atoms with Gasteiger partial charge in [0, 0.05) is 18.2 Å². The highest BCUT2D eigenvalue weighted by atomic mass is 16.5. The van der Waals surface area contributed by atoms with E-state index in [0.29, 0.717) is 36.8 Å². The Morgan fingerprint density at radius 2 is 2.16 bits per heavy atom. The van der Waals surface area contributed by atoms with E-state index < -0.39 is 0 Å². The lowest BCUT2D eigenvalue weighted by molar-refractivity contribution is 0.0956. The highest BCUT2D eigenvalue weighted by Crippen LogP contribution is 2.19. The van der Waals surface area contributed by atoms with Gasteiger partial charge >= 0.3 is 0 Å². The van der Waals surface area contributed by atoms with Crippen LogP contribution in [0.2, 0.25) is 0 Å². The van der Waals surface area contributed by atoms with Crippen molar-refractivity contribution in [3.05, 3.63) is 24.0 Å². The van der Waals surface area contributed by atoms with Gasteiger partial charge in [0.05, 0.1) is 12.8 Å². The lowest BCUT2D eigenvalue weighted by Gasteiger charge is -2.16. The molecule has 0 spiro atoms. The van der Waals surface area contributed by atoms with E-state index in [9.17, 15) is 4.79 Å². The fraction of sp³-hybridized carbons (Fsp3) is 0.600. The highest BCUT2D eigenvalue weighted by Gasteiger charge is 2.16. The molecule has 4 nitrogen and oxygen atoms in total. The van der Waals surface area contributed by atoms with E-state index in [2.05, 4.69) is 18.8 Å². The van der Waals surface area contributed by atoms with Crippen LogP contribution in [0.15, 0.2) is 18.5 Å². The molecule has 0 amide bonds. The van der Waals surface area contributed by atoms with E-state index in [1.54, 1.807) is 18.5 Å². The number of ether oxygens (including phenoxy) is 1. The molecule has 106 valence electrons. The maximum Gasteiger partial charge on any atom is 0.164 e. The summed E-state index contributed by atoms with van der Waals surface area (Å²) in [6.07, 6.45) is 4.66. The van der Waals surface area contributed by atoms with Gasteiger partial charge in [-0.3, -0.25) is 9.78 Å². The number of hydrogen-bond acceptors (Lipinski definition) is 4. The second-order valence-corrected chi connectivity index (χ2v) is 5.20. The van der Waals surface area contributed by atoms with Crippen molar-refractivity contribution in [2.24, 2.45) is 17.6 Å². The summed E-state index contributed by atoms with van der Waals surface area (Å²) in [6, 6.07) is 1.75. The largest absolute Gasteiger partial charge is 0.492 e. The normalized spacial score (nSPS) is 12.5. The first-order valence-corrected chi connectivity index (χ1v) is 6.87. The fourth-order valence-electron chi connectivity index (χ4n) is 2.13. The van der Waals surface area contributed by atoms with Crippen LogP contribution in [0.4, 0.5) is 0 Å². The Morgan fingerprint density at radius 1 is 1.42 bits per heavy atom. The van der Waals surface area contributed by atoms with Crippen molar-refractivity contribution >= 4 is 5.78 Å². The first-order valence-electron chi connectivity index (χ1n) is 6.87. The average molecular weight is 264 g/mol. The van der Waals surface area contributed by atoms with Gasteiger partial charge in [-0.25, -0.2) is 0 Å². The third kappa shape index (κ3) is 5.39. The minimum atomic E-state index is 0.0881.